The Morgan fingerprint density at radius 2 is 1.91 bits per heavy atom. The third-order valence-corrected chi connectivity index (χ3v) is 3.65. The summed E-state index contributed by atoms with van der Waals surface area (Å²) < 4.78 is 10.3. The Morgan fingerprint density at radius 1 is 1.23 bits per heavy atom. The van der Waals surface area contributed by atoms with Gasteiger partial charge in [-0.3, -0.25) is 0 Å². The van der Waals surface area contributed by atoms with Crippen LogP contribution >= 0.6 is 0 Å². The summed E-state index contributed by atoms with van der Waals surface area (Å²) in [6.45, 7) is 8.43. The molecular formula is C17H23NO4. The quantitative estimate of drug-likeness (QED) is 0.748. The van der Waals surface area contributed by atoms with Crippen LogP contribution in [0.15, 0.2) is 12.1 Å². The van der Waals surface area contributed by atoms with E-state index in [-0.39, 0.29) is 12.1 Å². The number of hydrogen-bond donors (Lipinski definition) is 0. The Labute approximate surface area is 131 Å². The van der Waals surface area contributed by atoms with Gasteiger partial charge in [0.05, 0.1) is 12.7 Å². The molecule has 1 aliphatic rings. The van der Waals surface area contributed by atoms with E-state index < -0.39 is 5.60 Å². The van der Waals surface area contributed by atoms with Crippen LogP contribution in [0.5, 0.6) is 0 Å². The summed E-state index contributed by atoms with van der Waals surface area (Å²) in [5.74, 6) is -0.319. The van der Waals surface area contributed by atoms with Gasteiger partial charge in [-0.05, 0) is 50.8 Å². The zero-order valence-electron chi connectivity index (χ0n) is 13.9. The van der Waals surface area contributed by atoms with Gasteiger partial charge in [0.15, 0.2) is 0 Å². The molecule has 22 heavy (non-hydrogen) atoms. The highest BCUT2D eigenvalue weighted by atomic mass is 16.6. The maximum absolute atomic E-state index is 12.2. The SMILES string of the molecule is COC(=O)c1c(C)ccc2c1CCN(C(=O)OC(C)(C)C)C2. The lowest BCUT2D eigenvalue weighted by atomic mass is 9.91. The third-order valence-electron chi connectivity index (χ3n) is 3.65. The number of esters is 1. The second-order valence-electron chi connectivity index (χ2n) is 6.54. The highest BCUT2D eigenvalue weighted by molar-refractivity contribution is 5.93. The van der Waals surface area contributed by atoms with Crippen molar-refractivity contribution in [2.45, 2.75) is 46.3 Å². The van der Waals surface area contributed by atoms with E-state index in [1.165, 1.54) is 7.11 Å². The van der Waals surface area contributed by atoms with Gasteiger partial charge in [-0.2, -0.15) is 0 Å². The van der Waals surface area contributed by atoms with Crippen LogP contribution in [-0.2, 0) is 22.4 Å². The first kappa shape index (κ1) is 16.3. The molecule has 1 heterocycles. The number of hydrogen-bond acceptors (Lipinski definition) is 4. The summed E-state index contributed by atoms with van der Waals surface area (Å²) >= 11 is 0. The summed E-state index contributed by atoms with van der Waals surface area (Å²) in [6, 6.07) is 3.86. The monoisotopic (exact) mass is 305 g/mol. The average Bonchev–Trinajstić information content (AvgIpc) is 2.44. The molecule has 5 nitrogen and oxygen atoms in total. The predicted molar refractivity (Wildman–Crippen MR) is 82.9 cm³/mol. The lowest BCUT2D eigenvalue weighted by Crippen LogP contribution is -2.40. The van der Waals surface area contributed by atoms with Crippen LogP contribution < -0.4 is 0 Å². The molecule has 0 saturated heterocycles. The van der Waals surface area contributed by atoms with Crippen LogP contribution in [0.3, 0.4) is 0 Å². The Bertz CT molecular complexity index is 601. The zero-order chi connectivity index (χ0) is 16.5. The van der Waals surface area contributed by atoms with Crippen LogP contribution in [-0.4, -0.2) is 36.2 Å². The van der Waals surface area contributed by atoms with Gasteiger partial charge in [0.1, 0.15) is 5.60 Å². The lowest BCUT2D eigenvalue weighted by Gasteiger charge is -2.32. The molecule has 0 aliphatic carbocycles. The smallest absolute Gasteiger partial charge is 0.410 e. The summed E-state index contributed by atoms with van der Waals surface area (Å²) in [7, 11) is 1.39. The number of methoxy groups -OCH3 is 1. The third kappa shape index (κ3) is 3.40. The maximum Gasteiger partial charge on any atom is 0.410 e. The number of rotatable bonds is 1. The van der Waals surface area contributed by atoms with Crippen molar-refractivity contribution in [1.29, 1.82) is 0 Å². The molecule has 1 amide bonds. The molecule has 0 atom stereocenters. The van der Waals surface area contributed by atoms with Crippen molar-refractivity contribution in [3.05, 3.63) is 34.4 Å². The first-order chi connectivity index (χ1) is 10.2. The van der Waals surface area contributed by atoms with Crippen molar-refractivity contribution in [1.82, 2.24) is 4.90 Å². The van der Waals surface area contributed by atoms with Crippen molar-refractivity contribution >= 4 is 12.1 Å². The Balaban J connectivity index is 2.25. The minimum atomic E-state index is -0.512. The van der Waals surface area contributed by atoms with Crippen molar-refractivity contribution in [2.75, 3.05) is 13.7 Å². The van der Waals surface area contributed by atoms with Gasteiger partial charge in [0.2, 0.25) is 0 Å². The number of amides is 1. The number of benzene rings is 1. The van der Waals surface area contributed by atoms with Gasteiger partial charge in [0, 0.05) is 13.1 Å². The van der Waals surface area contributed by atoms with Crippen LogP contribution in [0.1, 0.15) is 47.8 Å². The van der Waals surface area contributed by atoms with E-state index in [0.29, 0.717) is 25.1 Å². The van der Waals surface area contributed by atoms with Gasteiger partial charge >= 0.3 is 12.1 Å². The molecule has 5 heteroatoms. The molecular weight excluding hydrogens is 282 g/mol. The minimum Gasteiger partial charge on any atom is -0.465 e. The lowest BCUT2D eigenvalue weighted by molar-refractivity contribution is 0.0224. The van der Waals surface area contributed by atoms with E-state index in [1.807, 2.05) is 39.8 Å². The molecule has 0 saturated carbocycles. The molecule has 1 aliphatic heterocycles. The molecule has 2 rings (SSSR count). The van der Waals surface area contributed by atoms with Crippen molar-refractivity contribution in [3.63, 3.8) is 0 Å². The zero-order valence-corrected chi connectivity index (χ0v) is 13.9. The summed E-state index contributed by atoms with van der Waals surface area (Å²) in [5.41, 5.74) is 2.97. The first-order valence-electron chi connectivity index (χ1n) is 7.40. The average molecular weight is 305 g/mol. The molecule has 0 spiro atoms. The molecule has 1 aromatic rings. The van der Waals surface area contributed by atoms with Gasteiger partial charge < -0.3 is 14.4 Å². The second kappa shape index (κ2) is 5.99. The van der Waals surface area contributed by atoms with Gasteiger partial charge in [0.25, 0.3) is 0 Å². The van der Waals surface area contributed by atoms with Crippen LogP contribution in [0.4, 0.5) is 4.79 Å². The van der Waals surface area contributed by atoms with Crippen LogP contribution in [0, 0.1) is 6.92 Å². The van der Waals surface area contributed by atoms with Crippen LogP contribution in [0.2, 0.25) is 0 Å². The topological polar surface area (TPSA) is 55.8 Å². The number of carbonyl (C=O) groups is 2. The molecule has 120 valence electrons. The van der Waals surface area contributed by atoms with E-state index in [9.17, 15) is 9.59 Å². The number of nitrogens with zero attached hydrogens (tertiary/aromatic N) is 1. The van der Waals surface area contributed by atoms with Gasteiger partial charge in [-0.15, -0.1) is 0 Å². The molecule has 0 aromatic heterocycles. The summed E-state index contributed by atoms with van der Waals surface area (Å²) in [4.78, 5) is 25.8. The number of carbonyl (C=O) groups excluding carboxylic acids is 2. The van der Waals surface area contributed by atoms with Crippen molar-refractivity contribution in [2.24, 2.45) is 0 Å². The summed E-state index contributed by atoms with van der Waals surface area (Å²) in [5, 5.41) is 0. The fraction of sp³-hybridized carbons (Fsp3) is 0.529. The standard InChI is InChI=1S/C17H23NO4/c1-11-6-7-12-10-18(16(20)22-17(2,3)4)9-8-13(12)14(11)15(19)21-5/h6-7H,8-10H2,1-5H3. The highest BCUT2D eigenvalue weighted by Gasteiger charge is 2.28. The van der Waals surface area contributed by atoms with Crippen molar-refractivity contribution < 1.29 is 19.1 Å². The molecule has 0 N–H and O–H groups in total. The Hall–Kier alpha value is -2.04. The predicted octanol–water partition coefficient (Wildman–Crippen LogP) is 3.07. The summed E-state index contributed by atoms with van der Waals surface area (Å²) in [6.07, 6.45) is 0.305. The van der Waals surface area contributed by atoms with E-state index in [1.54, 1.807) is 4.90 Å². The van der Waals surface area contributed by atoms with Gasteiger partial charge in [-0.1, -0.05) is 12.1 Å². The molecule has 0 radical (unpaired) electrons. The van der Waals surface area contributed by atoms with Crippen LogP contribution in [0.25, 0.3) is 0 Å². The molecule has 0 unspecified atom stereocenters. The van der Waals surface area contributed by atoms with Gasteiger partial charge in [-0.25, -0.2) is 9.59 Å². The molecule has 0 fully saturated rings. The fourth-order valence-corrected chi connectivity index (χ4v) is 2.64. The minimum absolute atomic E-state index is 0.319. The molecule has 0 bridgehead atoms. The number of ether oxygens (including phenoxy) is 2. The number of aryl methyl sites for hydroxylation is 1. The second-order valence-corrected chi connectivity index (χ2v) is 6.54. The van der Waals surface area contributed by atoms with E-state index in [0.717, 1.165) is 16.7 Å². The first-order valence-corrected chi connectivity index (χ1v) is 7.40. The molecule has 1 aromatic carbocycles. The number of fused-ring (bicyclic) bond motifs is 1. The normalized spacial score (nSPS) is 14.3. The largest absolute Gasteiger partial charge is 0.465 e. The highest BCUT2D eigenvalue weighted by Crippen LogP contribution is 2.26. The van der Waals surface area contributed by atoms with E-state index in [2.05, 4.69) is 0 Å². The van der Waals surface area contributed by atoms with E-state index in [4.69, 9.17) is 9.47 Å². The van der Waals surface area contributed by atoms with E-state index >= 15 is 0 Å². The fourth-order valence-electron chi connectivity index (χ4n) is 2.64. The van der Waals surface area contributed by atoms with Crippen molar-refractivity contribution in [3.8, 4) is 0 Å². The Morgan fingerprint density at radius 3 is 2.50 bits per heavy atom. The maximum atomic E-state index is 12.2. The Kier molecular flexibility index (Phi) is 4.44.